The maximum absolute atomic E-state index is 14.0. The van der Waals surface area contributed by atoms with Gasteiger partial charge in [0.1, 0.15) is 35.2 Å². The molecule has 4 rings (SSSR count). The van der Waals surface area contributed by atoms with Crippen LogP contribution in [0.4, 0.5) is 13.2 Å². The molecule has 0 aromatic heterocycles. The maximum atomic E-state index is 14.0. The highest BCUT2D eigenvalue weighted by molar-refractivity contribution is 5.96. The highest BCUT2D eigenvalue weighted by Gasteiger charge is 2.32. The van der Waals surface area contributed by atoms with Crippen LogP contribution in [0.15, 0.2) is 71.7 Å². The number of aliphatic imine (C=N–C) groups is 1. The summed E-state index contributed by atoms with van der Waals surface area (Å²) in [5.74, 6) is -1.71. The zero-order valence-electron chi connectivity index (χ0n) is 14.5. The van der Waals surface area contributed by atoms with Gasteiger partial charge in [-0.1, -0.05) is 42.5 Å². The van der Waals surface area contributed by atoms with E-state index in [2.05, 4.69) is 4.99 Å². The molecule has 1 heterocycles. The van der Waals surface area contributed by atoms with Crippen molar-refractivity contribution in [3.8, 4) is 11.1 Å². The fourth-order valence-electron chi connectivity index (χ4n) is 3.19. The average Bonchev–Trinajstić information content (AvgIpc) is 3.04. The van der Waals surface area contributed by atoms with Crippen LogP contribution in [0.2, 0.25) is 0 Å². The van der Waals surface area contributed by atoms with E-state index >= 15 is 0 Å². The highest BCUT2D eigenvalue weighted by Crippen LogP contribution is 2.33. The van der Waals surface area contributed by atoms with E-state index in [1.807, 2.05) is 31.2 Å². The Morgan fingerprint density at radius 3 is 1.93 bits per heavy atom. The van der Waals surface area contributed by atoms with Crippen molar-refractivity contribution in [1.82, 2.24) is 0 Å². The van der Waals surface area contributed by atoms with E-state index in [4.69, 9.17) is 4.74 Å². The molecule has 1 aliphatic rings. The van der Waals surface area contributed by atoms with Crippen molar-refractivity contribution in [2.75, 3.05) is 0 Å². The average molecular weight is 367 g/mol. The minimum absolute atomic E-state index is 0.0225. The van der Waals surface area contributed by atoms with Crippen LogP contribution in [0.25, 0.3) is 11.1 Å². The van der Waals surface area contributed by atoms with Crippen molar-refractivity contribution in [3.05, 3.63) is 95.3 Å². The molecule has 0 amide bonds. The molecule has 0 N–H and O–H groups in total. The summed E-state index contributed by atoms with van der Waals surface area (Å²) in [6.07, 6.45) is -0.351. The second-order valence-electron chi connectivity index (χ2n) is 6.43. The van der Waals surface area contributed by atoms with Gasteiger partial charge in [0.05, 0.1) is 0 Å². The van der Waals surface area contributed by atoms with Gasteiger partial charge >= 0.3 is 0 Å². The summed E-state index contributed by atoms with van der Waals surface area (Å²) in [6.45, 7) is 1.81. The van der Waals surface area contributed by atoms with Crippen molar-refractivity contribution in [1.29, 1.82) is 0 Å². The Kier molecular flexibility index (Phi) is 4.44. The predicted octanol–water partition coefficient (Wildman–Crippen LogP) is 5.68. The number of benzene rings is 3. The number of hydrogen-bond donors (Lipinski definition) is 0. The first kappa shape index (κ1) is 17.3. The summed E-state index contributed by atoms with van der Waals surface area (Å²) in [6, 6.07) is 17.2. The van der Waals surface area contributed by atoms with Crippen molar-refractivity contribution in [2.45, 2.75) is 19.1 Å². The van der Waals surface area contributed by atoms with Crippen LogP contribution in [0, 0.1) is 17.5 Å². The second-order valence-corrected chi connectivity index (χ2v) is 6.43. The Labute approximate surface area is 155 Å². The molecule has 0 bridgehead atoms. The van der Waals surface area contributed by atoms with E-state index in [-0.39, 0.29) is 29.4 Å². The molecule has 5 heteroatoms. The van der Waals surface area contributed by atoms with Gasteiger partial charge in [0, 0.05) is 0 Å². The Bertz CT molecular complexity index is 977. The van der Waals surface area contributed by atoms with Gasteiger partial charge in [0.2, 0.25) is 5.90 Å². The van der Waals surface area contributed by atoms with Crippen LogP contribution in [0.1, 0.15) is 24.1 Å². The molecule has 0 spiro atoms. The molecule has 0 radical (unpaired) electrons. The van der Waals surface area contributed by atoms with Gasteiger partial charge in [0.15, 0.2) is 0 Å². The van der Waals surface area contributed by atoms with Gasteiger partial charge < -0.3 is 4.74 Å². The van der Waals surface area contributed by atoms with Gasteiger partial charge in [-0.05, 0) is 47.9 Å². The monoisotopic (exact) mass is 367 g/mol. The zero-order chi connectivity index (χ0) is 19.0. The lowest BCUT2D eigenvalue weighted by molar-refractivity contribution is 0.213. The number of nitrogens with zero attached hydrogens (tertiary/aromatic N) is 1. The van der Waals surface area contributed by atoms with Crippen LogP contribution in [-0.2, 0) is 4.74 Å². The summed E-state index contributed by atoms with van der Waals surface area (Å²) in [7, 11) is 0. The fraction of sp³-hybridized carbons (Fsp3) is 0.136. The third kappa shape index (κ3) is 3.33. The van der Waals surface area contributed by atoms with Crippen LogP contribution < -0.4 is 0 Å². The summed E-state index contributed by atoms with van der Waals surface area (Å²) < 4.78 is 46.7. The lowest BCUT2D eigenvalue weighted by atomic mass is 9.99. The molecule has 2 nitrogen and oxygen atoms in total. The molecule has 0 saturated heterocycles. The molecule has 136 valence electrons. The van der Waals surface area contributed by atoms with E-state index < -0.39 is 11.6 Å². The predicted molar refractivity (Wildman–Crippen MR) is 98.0 cm³/mol. The largest absolute Gasteiger partial charge is 0.472 e. The lowest BCUT2D eigenvalue weighted by Gasteiger charge is -2.13. The van der Waals surface area contributed by atoms with Crippen LogP contribution in [0.5, 0.6) is 0 Å². The summed E-state index contributed by atoms with van der Waals surface area (Å²) in [5, 5.41) is 0. The van der Waals surface area contributed by atoms with E-state index in [1.165, 1.54) is 30.3 Å². The molecule has 0 aliphatic carbocycles. The first-order valence-corrected chi connectivity index (χ1v) is 8.57. The van der Waals surface area contributed by atoms with E-state index in [9.17, 15) is 13.2 Å². The van der Waals surface area contributed by atoms with Gasteiger partial charge in [-0.2, -0.15) is 0 Å². The van der Waals surface area contributed by atoms with E-state index in [0.29, 0.717) is 0 Å². The number of hydrogen-bond acceptors (Lipinski definition) is 2. The van der Waals surface area contributed by atoms with E-state index in [0.717, 1.165) is 16.7 Å². The van der Waals surface area contributed by atoms with Gasteiger partial charge in [0.25, 0.3) is 0 Å². The van der Waals surface area contributed by atoms with Crippen LogP contribution >= 0.6 is 0 Å². The lowest BCUT2D eigenvalue weighted by Crippen LogP contribution is -2.14. The first-order valence-electron chi connectivity index (χ1n) is 8.57. The zero-order valence-corrected chi connectivity index (χ0v) is 14.5. The highest BCUT2D eigenvalue weighted by atomic mass is 19.1. The molecular weight excluding hydrogens is 351 g/mol. The Morgan fingerprint density at radius 1 is 0.778 bits per heavy atom. The SMILES string of the molecule is C[C@@H]1OC(c2c(F)cccc2F)=N[C@@H]1c1ccc(-c2ccc(F)cc2)cc1. The molecule has 3 aromatic carbocycles. The fourth-order valence-corrected chi connectivity index (χ4v) is 3.19. The molecule has 1 aliphatic heterocycles. The number of halogens is 3. The third-order valence-corrected chi connectivity index (χ3v) is 4.60. The molecule has 3 aromatic rings. The molecule has 0 fully saturated rings. The normalized spacial score (nSPS) is 18.9. The molecule has 0 saturated carbocycles. The third-order valence-electron chi connectivity index (χ3n) is 4.60. The smallest absolute Gasteiger partial charge is 0.223 e. The quantitative estimate of drug-likeness (QED) is 0.584. The topological polar surface area (TPSA) is 21.6 Å². The minimum atomic E-state index is -0.701. The van der Waals surface area contributed by atoms with Gasteiger partial charge in [-0.25, -0.2) is 18.2 Å². The Balaban J connectivity index is 1.63. The van der Waals surface area contributed by atoms with Gasteiger partial charge in [-0.3, -0.25) is 0 Å². The second kappa shape index (κ2) is 6.91. The van der Waals surface area contributed by atoms with Gasteiger partial charge in [-0.15, -0.1) is 0 Å². The maximum Gasteiger partial charge on any atom is 0.223 e. The molecule has 2 atom stereocenters. The summed E-state index contributed by atoms with van der Waals surface area (Å²) >= 11 is 0. The van der Waals surface area contributed by atoms with E-state index in [1.54, 1.807) is 12.1 Å². The van der Waals surface area contributed by atoms with Crippen molar-refractivity contribution < 1.29 is 17.9 Å². The van der Waals surface area contributed by atoms with Crippen molar-refractivity contribution >= 4 is 5.90 Å². The Morgan fingerprint density at radius 2 is 1.33 bits per heavy atom. The van der Waals surface area contributed by atoms with Crippen molar-refractivity contribution in [3.63, 3.8) is 0 Å². The molecule has 0 unspecified atom stereocenters. The minimum Gasteiger partial charge on any atom is -0.472 e. The standard InChI is InChI=1S/C22H16F3NO/c1-13-21(26-22(27-13)20-18(24)3-2-4-19(20)25)16-7-5-14(6-8-16)15-9-11-17(23)12-10-15/h2-13,21H,1H3/t13-,21-/m0/s1. The van der Waals surface area contributed by atoms with Crippen LogP contribution in [-0.4, -0.2) is 12.0 Å². The number of rotatable bonds is 3. The Hall–Kier alpha value is -3.08. The summed E-state index contributed by atoms with van der Waals surface area (Å²) in [4.78, 5) is 4.41. The molecule has 27 heavy (non-hydrogen) atoms. The summed E-state index contributed by atoms with van der Waals surface area (Å²) in [5.41, 5.74) is 2.47. The molecular formula is C22H16F3NO. The van der Waals surface area contributed by atoms with Crippen molar-refractivity contribution in [2.24, 2.45) is 4.99 Å². The number of ether oxygens (including phenoxy) is 1. The van der Waals surface area contributed by atoms with Crippen LogP contribution in [0.3, 0.4) is 0 Å². The first-order chi connectivity index (χ1) is 13.0.